The van der Waals surface area contributed by atoms with Gasteiger partial charge in [0.2, 0.25) is 0 Å². The van der Waals surface area contributed by atoms with Gasteiger partial charge in [0.05, 0.1) is 6.61 Å². The van der Waals surface area contributed by atoms with Crippen LogP contribution in [0.15, 0.2) is 18.2 Å². The largest absolute Gasteiger partial charge is 0.465 e. The van der Waals surface area contributed by atoms with Crippen molar-refractivity contribution >= 4 is 11.9 Å². The van der Waals surface area contributed by atoms with Crippen LogP contribution in [-0.2, 0) is 22.4 Å². The number of fused-ring (bicyclic) bond motifs is 1. The molecule has 0 aliphatic heterocycles. The molecule has 0 radical (unpaired) electrons. The summed E-state index contributed by atoms with van der Waals surface area (Å²) < 4.78 is 4.98. The van der Waals surface area contributed by atoms with Crippen LogP contribution in [0.1, 0.15) is 47.7 Å². The average molecular weight is 287 g/mol. The Hall–Kier alpha value is -1.84. The Bertz CT molecular complexity index is 563. The summed E-state index contributed by atoms with van der Waals surface area (Å²) in [6.45, 7) is 2.19. The van der Waals surface area contributed by atoms with Crippen LogP contribution in [0.4, 0.5) is 0 Å². The van der Waals surface area contributed by atoms with Crippen molar-refractivity contribution in [3.8, 4) is 0 Å². The smallest absolute Gasteiger partial charge is 0.325 e. The quantitative estimate of drug-likeness (QED) is 0.781. The lowest BCUT2D eigenvalue weighted by atomic mass is 10.1. The molecule has 1 aromatic rings. The van der Waals surface area contributed by atoms with Gasteiger partial charge in [-0.1, -0.05) is 6.07 Å². The van der Waals surface area contributed by atoms with Gasteiger partial charge in [-0.05, 0) is 62.3 Å². The predicted molar refractivity (Wildman–Crippen MR) is 79.2 cm³/mol. The van der Waals surface area contributed by atoms with Crippen LogP contribution < -0.4 is 0 Å². The first kappa shape index (κ1) is 14.1. The fraction of sp³-hybridized carbons (Fsp3) is 0.529. The van der Waals surface area contributed by atoms with Gasteiger partial charge < -0.3 is 9.64 Å². The Morgan fingerprint density at radius 2 is 2.00 bits per heavy atom. The molecule has 0 bridgehead atoms. The highest BCUT2D eigenvalue weighted by molar-refractivity contribution is 5.96. The van der Waals surface area contributed by atoms with E-state index in [2.05, 4.69) is 6.07 Å². The van der Waals surface area contributed by atoms with Crippen LogP contribution in [-0.4, -0.2) is 36.0 Å². The second-order valence-electron chi connectivity index (χ2n) is 5.81. The maximum atomic E-state index is 12.7. The average Bonchev–Trinajstić information content (AvgIpc) is 3.21. The number of nitrogens with zero attached hydrogens (tertiary/aromatic N) is 1. The number of hydrogen-bond donors (Lipinski definition) is 0. The molecule has 0 aromatic heterocycles. The summed E-state index contributed by atoms with van der Waals surface area (Å²) in [4.78, 5) is 26.1. The minimum Gasteiger partial charge on any atom is -0.465 e. The maximum absolute atomic E-state index is 12.7. The molecule has 0 N–H and O–H groups in total. The summed E-state index contributed by atoms with van der Waals surface area (Å²) in [7, 11) is 0. The Labute approximate surface area is 125 Å². The van der Waals surface area contributed by atoms with Gasteiger partial charge in [-0.2, -0.15) is 0 Å². The molecular formula is C17H21NO3. The Kier molecular flexibility index (Phi) is 3.95. The number of benzene rings is 1. The van der Waals surface area contributed by atoms with E-state index in [4.69, 9.17) is 4.74 Å². The Morgan fingerprint density at radius 1 is 1.24 bits per heavy atom. The van der Waals surface area contributed by atoms with E-state index in [1.807, 2.05) is 12.1 Å². The lowest BCUT2D eigenvalue weighted by Crippen LogP contribution is -2.38. The molecule has 4 heteroatoms. The first-order chi connectivity index (χ1) is 10.2. The maximum Gasteiger partial charge on any atom is 0.325 e. The second kappa shape index (κ2) is 5.88. The molecule has 0 spiro atoms. The summed E-state index contributed by atoms with van der Waals surface area (Å²) in [5.74, 6) is -0.362. The summed E-state index contributed by atoms with van der Waals surface area (Å²) in [6, 6.07) is 6.17. The molecule has 2 aliphatic rings. The molecule has 2 aliphatic carbocycles. The molecule has 1 amide bonds. The number of rotatable bonds is 5. The molecule has 1 aromatic carbocycles. The number of carbonyl (C=O) groups is 2. The molecule has 0 unspecified atom stereocenters. The van der Waals surface area contributed by atoms with E-state index in [0.29, 0.717) is 12.2 Å². The fourth-order valence-electron chi connectivity index (χ4n) is 2.97. The highest BCUT2D eigenvalue weighted by Crippen LogP contribution is 2.29. The zero-order valence-electron chi connectivity index (χ0n) is 12.4. The van der Waals surface area contributed by atoms with Crippen molar-refractivity contribution in [2.45, 2.75) is 45.1 Å². The van der Waals surface area contributed by atoms with Gasteiger partial charge in [0.15, 0.2) is 0 Å². The highest BCUT2D eigenvalue weighted by Gasteiger charge is 2.34. The van der Waals surface area contributed by atoms with Crippen LogP contribution in [0.5, 0.6) is 0 Å². The van der Waals surface area contributed by atoms with Crippen molar-refractivity contribution in [2.75, 3.05) is 13.2 Å². The minimum atomic E-state index is -0.320. The predicted octanol–water partition coefficient (Wildman–Crippen LogP) is 2.34. The van der Waals surface area contributed by atoms with Gasteiger partial charge in [0, 0.05) is 11.6 Å². The number of carbonyl (C=O) groups excluding carboxylic acids is 2. The van der Waals surface area contributed by atoms with Crippen LogP contribution in [0.25, 0.3) is 0 Å². The van der Waals surface area contributed by atoms with Crippen LogP contribution in [0.2, 0.25) is 0 Å². The summed E-state index contributed by atoms with van der Waals surface area (Å²) in [5.41, 5.74) is 3.34. The summed E-state index contributed by atoms with van der Waals surface area (Å²) >= 11 is 0. The first-order valence-electron chi connectivity index (χ1n) is 7.77. The molecule has 112 valence electrons. The number of esters is 1. The minimum absolute atomic E-state index is 0.0414. The van der Waals surface area contributed by atoms with Crippen LogP contribution in [0, 0.1) is 0 Å². The zero-order valence-corrected chi connectivity index (χ0v) is 12.4. The van der Waals surface area contributed by atoms with Crippen molar-refractivity contribution in [3.05, 3.63) is 34.9 Å². The second-order valence-corrected chi connectivity index (χ2v) is 5.81. The number of ether oxygens (including phenoxy) is 1. The Morgan fingerprint density at radius 3 is 2.71 bits per heavy atom. The molecule has 0 atom stereocenters. The van der Waals surface area contributed by atoms with Gasteiger partial charge in [-0.15, -0.1) is 0 Å². The summed E-state index contributed by atoms with van der Waals surface area (Å²) in [6.07, 6.45) is 5.30. The normalized spacial score (nSPS) is 16.4. The van der Waals surface area contributed by atoms with Crippen molar-refractivity contribution in [1.29, 1.82) is 0 Å². The van der Waals surface area contributed by atoms with E-state index in [0.717, 1.165) is 25.7 Å². The summed E-state index contributed by atoms with van der Waals surface area (Å²) in [5, 5.41) is 0. The van der Waals surface area contributed by atoms with E-state index in [1.54, 1.807) is 11.8 Å². The molecule has 3 rings (SSSR count). The molecule has 4 nitrogen and oxygen atoms in total. The molecule has 21 heavy (non-hydrogen) atoms. The molecular weight excluding hydrogens is 266 g/mol. The van der Waals surface area contributed by atoms with Crippen molar-refractivity contribution < 1.29 is 14.3 Å². The number of aryl methyl sites for hydroxylation is 2. The monoisotopic (exact) mass is 287 g/mol. The van der Waals surface area contributed by atoms with E-state index < -0.39 is 0 Å². The van der Waals surface area contributed by atoms with E-state index >= 15 is 0 Å². The topological polar surface area (TPSA) is 46.6 Å². The molecule has 0 heterocycles. The van der Waals surface area contributed by atoms with Crippen LogP contribution in [0.3, 0.4) is 0 Å². The number of hydrogen-bond acceptors (Lipinski definition) is 3. The third-order valence-corrected chi connectivity index (χ3v) is 4.20. The van der Waals surface area contributed by atoms with Gasteiger partial charge in [-0.3, -0.25) is 9.59 Å². The molecule has 0 saturated heterocycles. The lowest BCUT2D eigenvalue weighted by molar-refractivity contribution is -0.144. The molecule has 1 saturated carbocycles. The van der Waals surface area contributed by atoms with Gasteiger partial charge >= 0.3 is 5.97 Å². The third kappa shape index (κ3) is 3.09. The van der Waals surface area contributed by atoms with Gasteiger partial charge in [-0.25, -0.2) is 0 Å². The van der Waals surface area contributed by atoms with E-state index in [1.165, 1.54) is 17.5 Å². The van der Waals surface area contributed by atoms with Crippen molar-refractivity contribution in [1.82, 2.24) is 4.90 Å². The standard InChI is InChI=1S/C17H21NO3/c1-2-21-16(19)11-18(15-8-9-15)17(20)14-7-6-12-4-3-5-13(12)10-14/h6-7,10,15H,2-5,8-9,11H2,1H3. The highest BCUT2D eigenvalue weighted by atomic mass is 16.5. The van der Waals surface area contributed by atoms with E-state index in [9.17, 15) is 9.59 Å². The first-order valence-corrected chi connectivity index (χ1v) is 7.77. The number of amides is 1. The molecule has 1 fully saturated rings. The third-order valence-electron chi connectivity index (χ3n) is 4.20. The Balaban J connectivity index is 1.76. The van der Waals surface area contributed by atoms with Crippen molar-refractivity contribution in [3.63, 3.8) is 0 Å². The lowest BCUT2D eigenvalue weighted by Gasteiger charge is -2.21. The zero-order chi connectivity index (χ0) is 14.8. The van der Waals surface area contributed by atoms with Crippen LogP contribution >= 0.6 is 0 Å². The van der Waals surface area contributed by atoms with Gasteiger partial charge in [0.25, 0.3) is 5.91 Å². The fourth-order valence-corrected chi connectivity index (χ4v) is 2.97. The van der Waals surface area contributed by atoms with Gasteiger partial charge in [0.1, 0.15) is 6.54 Å². The van der Waals surface area contributed by atoms with Crippen molar-refractivity contribution in [2.24, 2.45) is 0 Å². The van der Waals surface area contributed by atoms with E-state index in [-0.39, 0.29) is 24.5 Å². The SMILES string of the molecule is CCOC(=O)CN(C(=O)c1ccc2c(c1)CCC2)C1CC1.